The summed E-state index contributed by atoms with van der Waals surface area (Å²) in [6, 6.07) is 0. The topological polar surface area (TPSA) is 56.8 Å². The lowest BCUT2D eigenvalue weighted by molar-refractivity contribution is -0.156. The highest BCUT2D eigenvalue weighted by molar-refractivity contribution is 5.82. The van der Waals surface area contributed by atoms with E-state index in [9.17, 15) is 4.79 Å². The van der Waals surface area contributed by atoms with E-state index in [0.717, 1.165) is 32.3 Å². The fourth-order valence-corrected chi connectivity index (χ4v) is 2.85. The van der Waals surface area contributed by atoms with E-state index in [4.69, 9.17) is 14.2 Å². The molecule has 116 valence electrons. The minimum Gasteiger partial charge on any atom is -0.465 e. The Kier molecular flexibility index (Phi) is 5.81. The number of likely N-dealkylation sites (N-methyl/N-ethyl adjacent to an activating group) is 1. The van der Waals surface area contributed by atoms with Crippen LogP contribution in [0.15, 0.2) is 0 Å². The van der Waals surface area contributed by atoms with Crippen molar-refractivity contribution in [1.82, 2.24) is 5.32 Å². The minimum atomic E-state index is -0.676. The Labute approximate surface area is 121 Å². The first-order chi connectivity index (χ1) is 9.73. The molecule has 1 saturated carbocycles. The number of esters is 1. The Morgan fingerprint density at radius 2 is 2.15 bits per heavy atom. The summed E-state index contributed by atoms with van der Waals surface area (Å²) in [4.78, 5) is 12.3. The van der Waals surface area contributed by atoms with Crippen LogP contribution in [0, 0.1) is 5.92 Å². The second-order valence-electron chi connectivity index (χ2n) is 5.72. The molecule has 0 aromatic heterocycles. The van der Waals surface area contributed by atoms with Crippen molar-refractivity contribution < 1.29 is 19.0 Å². The molecular weight excluding hydrogens is 258 g/mol. The van der Waals surface area contributed by atoms with Crippen molar-refractivity contribution >= 4 is 5.97 Å². The van der Waals surface area contributed by atoms with E-state index < -0.39 is 5.54 Å². The van der Waals surface area contributed by atoms with Gasteiger partial charge >= 0.3 is 5.97 Å². The average Bonchev–Trinajstić information content (AvgIpc) is 3.30. The van der Waals surface area contributed by atoms with Crippen molar-refractivity contribution in [2.45, 2.75) is 50.7 Å². The summed E-state index contributed by atoms with van der Waals surface area (Å²) in [5.41, 5.74) is -0.676. The normalized spacial score (nSPS) is 26.0. The summed E-state index contributed by atoms with van der Waals surface area (Å²) in [5.74, 6) is 0.147. The van der Waals surface area contributed by atoms with Crippen LogP contribution in [-0.4, -0.2) is 51.1 Å². The molecule has 0 aromatic carbocycles. The smallest absolute Gasteiger partial charge is 0.329 e. The zero-order chi connectivity index (χ0) is 14.4. The number of hydrogen-bond acceptors (Lipinski definition) is 5. The van der Waals surface area contributed by atoms with E-state index in [-0.39, 0.29) is 12.1 Å². The molecule has 1 aliphatic carbocycles. The van der Waals surface area contributed by atoms with Crippen molar-refractivity contribution in [2.24, 2.45) is 5.92 Å². The van der Waals surface area contributed by atoms with E-state index in [1.165, 1.54) is 6.42 Å². The van der Waals surface area contributed by atoms with Gasteiger partial charge in [-0.2, -0.15) is 0 Å². The molecule has 0 spiro atoms. The van der Waals surface area contributed by atoms with Crippen LogP contribution in [0.4, 0.5) is 0 Å². The lowest BCUT2D eigenvalue weighted by Gasteiger charge is -2.32. The monoisotopic (exact) mass is 285 g/mol. The second kappa shape index (κ2) is 7.38. The molecule has 1 N–H and O–H groups in total. The van der Waals surface area contributed by atoms with E-state index in [0.29, 0.717) is 25.7 Å². The number of carbonyl (C=O) groups excluding carboxylic acids is 1. The third kappa shape index (κ3) is 3.71. The van der Waals surface area contributed by atoms with Crippen molar-refractivity contribution in [2.75, 3.05) is 33.5 Å². The van der Waals surface area contributed by atoms with Gasteiger partial charge in [0.25, 0.3) is 0 Å². The Bertz CT molecular complexity index is 313. The first-order valence-corrected chi connectivity index (χ1v) is 7.78. The minimum absolute atomic E-state index is 0.180. The van der Waals surface area contributed by atoms with Gasteiger partial charge in [0.15, 0.2) is 0 Å². The van der Waals surface area contributed by atoms with Crippen molar-refractivity contribution in [3.8, 4) is 0 Å². The van der Waals surface area contributed by atoms with Gasteiger partial charge in [-0.25, -0.2) is 4.79 Å². The Balaban J connectivity index is 1.85. The highest BCUT2D eigenvalue weighted by atomic mass is 16.5. The Morgan fingerprint density at radius 3 is 2.70 bits per heavy atom. The van der Waals surface area contributed by atoms with Crippen LogP contribution >= 0.6 is 0 Å². The summed E-state index contributed by atoms with van der Waals surface area (Å²) in [5, 5.41) is 3.16. The molecule has 1 aliphatic heterocycles. The van der Waals surface area contributed by atoms with Crippen molar-refractivity contribution in [1.29, 1.82) is 0 Å². The van der Waals surface area contributed by atoms with E-state index in [1.807, 2.05) is 14.0 Å². The maximum atomic E-state index is 12.3. The summed E-state index contributed by atoms with van der Waals surface area (Å²) in [7, 11) is 1.82. The maximum Gasteiger partial charge on any atom is 0.329 e. The summed E-state index contributed by atoms with van der Waals surface area (Å²) in [6.07, 6.45) is 5.69. The van der Waals surface area contributed by atoms with E-state index >= 15 is 0 Å². The first-order valence-electron chi connectivity index (χ1n) is 7.78. The number of nitrogens with one attached hydrogen (secondary N) is 1. The molecule has 0 amide bonds. The largest absolute Gasteiger partial charge is 0.465 e. The highest BCUT2D eigenvalue weighted by Gasteiger charge is 2.51. The molecule has 2 fully saturated rings. The van der Waals surface area contributed by atoms with Gasteiger partial charge in [0.05, 0.1) is 25.9 Å². The number of ether oxygens (including phenoxy) is 3. The van der Waals surface area contributed by atoms with Crippen molar-refractivity contribution in [3.05, 3.63) is 0 Å². The molecule has 1 saturated heterocycles. The fraction of sp³-hybridized carbons (Fsp3) is 0.933. The van der Waals surface area contributed by atoms with Gasteiger partial charge in [0.1, 0.15) is 5.54 Å². The Hall–Kier alpha value is -0.650. The quantitative estimate of drug-likeness (QED) is 0.685. The molecule has 0 radical (unpaired) electrons. The number of rotatable bonds is 8. The zero-order valence-electron chi connectivity index (χ0n) is 12.7. The van der Waals surface area contributed by atoms with Gasteiger partial charge in [-0.1, -0.05) is 0 Å². The zero-order valence-corrected chi connectivity index (χ0v) is 12.7. The van der Waals surface area contributed by atoms with E-state index in [2.05, 4.69) is 5.32 Å². The molecule has 2 rings (SSSR count). The molecule has 5 heteroatoms. The maximum absolute atomic E-state index is 12.3. The third-order valence-electron chi connectivity index (χ3n) is 4.27. The van der Waals surface area contributed by atoms with Crippen LogP contribution in [0.25, 0.3) is 0 Å². The molecule has 2 atom stereocenters. The van der Waals surface area contributed by atoms with E-state index in [1.54, 1.807) is 0 Å². The lowest BCUT2D eigenvalue weighted by Crippen LogP contribution is -2.57. The van der Waals surface area contributed by atoms with Gasteiger partial charge in [0.2, 0.25) is 0 Å². The standard InChI is InChI=1S/C15H27NO4/c1-3-19-14(17)15(16-2,12-7-8-12)11-18-10-13-6-4-5-9-20-13/h12-13,16H,3-11H2,1-2H3. The molecular formula is C15H27NO4. The molecule has 2 aliphatic rings. The third-order valence-corrected chi connectivity index (χ3v) is 4.27. The molecule has 0 aromatic rings. The van der Waals surface area contributed by atoms with Gasteiger partial charge in [-0.3, -0.25) is 0 Å². The summed E-state index contributed by atoms with van der Waals surface area (Å²) in [6.45, 7) is 4.00. The van der Waals surface area contributed by atoms with Crippen LogP contribution in [-0.2, 0) is 19.0 Å². The van der Waals surface area contributed by atoms with Crippen LogP contribution in [0.2, 0.25) is 0 Å². The molecule has 0 bridgehead atoms. The number of hydrogen-bond donors (Lipinski definition) is 1. The van der Waals surface area contributed by atoms with Gasteiger partial charge in [-0.05, 0) is 52.0 Å². The fourth-order valence-electron chi connectivity index (χ4n) is 2.85. The molecule has 1 heterocycles. The predicted octanol–water partition coefficient (Wildman–Crippen LogP) is 1.50. The SMILES string of the molecule is CCOC(=O)C(COCC1CCCCO1)(NC)C1CC1. The Morgan fingerprint density at radius 1 is 1.35 bits per heavy atom. The lowest BCUT2D eigenvalue weighted by atomic mass is 9.94. The predicted molar refractivity (Wildman–Crippen MR) is 75.6 cm³/mol. The van der Waals surface area contributed by atoms with Gasteiger partial charge in [-0.15, -0.1) is 0 Å². The number of carbonyl (C=O) groups is 1. The highest BCUT2D eigenvalue weighted by Crippen LogP contribution is 2.40. The van der Waals surface area contributed by atoms with Gasteiger partial charge in [0, 0.05) is 6.61 Å². The first kappa shape index (κ1) is 15.7. The second-order valence-corrected chi connectivity index (χ2v) is 5.72. The van der Waals surface area contributed by atoms with Crippen LogP contribution < -0.4 is 5.32 Å². The molecule has 20 heavy (non-hydrogen) atoms. The van der Waals surface area contributed by atoms with Gasteiger partial charge < -0.3 is 19.5 Å². The molecule has 2 unspecified atom stereocenters. The average molecular weight is 285 g/mol. The molecule has 5 nitrogen and oxygen atoms in total. The summed E-state index contributed by atoms with van der Waals surface area (Å²) < 4.78 is 16.7. The van der Waals surface area contributed by atoms with Crippen molar-refractivity contribution in [3.63, 3.8) is 0 Å². The summed E-state index contributed by atoms with van der Waals surface area (Å²) >= 11 is 0. The van der Waals surface area contributed by atoms with Crippen LogP contribution in [0.5, 0.6) is 0 Å². The van der Waals surface area contributed by atoms with Crippen LogP contribution in [0.1, 0.15) is 39.0 Å². The van der Waals surface area contributed by atoms with Crippen LogP contribution in [0.3, 0.4) is 0 Å².